The van der Waals surface area contributed by atoms with E-state index in [4.69, 9.17) is 15.2 Å². The van der Waals surface area contributed by atoms with E-state index in [9.17, 15) is 0 Å². The molecule has 112 valence electrons. The van der Waals surface area contributed by atoms with E-state index in [1.54, 1.807) is 14.2 Å². The normalized spacial score (nSPS) is 25.2. The largest absolute Gasteiger partial charge is 0.493 e. The molecule has 0 radical (unpaired) electrons. The van der Waals surface area contributed by atoms with Gasteiger partial charge in [0.1, 0.15) is 0 Å². The summed E-state index contributed by atoms with van der Waals surface area (Å²) in [5.41, 5.74) is 7.35. The van der Waals surface area contributed by atoms with Crippen molar-refractivity contribution in [3.63, 3.8) is 0 Å². The van der Waals surface area contributed by atoms with Crippen molar-refractivity contribution in [2.45, 2.75) is 32.4 Å². The molecule has 1 fully saturated rings. The fourth-order valence-electron chi connectivity index (χ4n) is 2.87. The molecule has 1 aromatic carbocycles. The first kappa shape index (κ1) is 15.1. The van der Waals surface area contributed by atoms with Crippen molar-refractivity contribution in [3.05, 3.63) is 23.8 Å². The molecule has 1 aromatic rings. The van der Waals surface area contributed by atoms with Gasteiger partial charge in [0.15, 0.2) is 11.5 Å². The van der Waals surface area contributed by atoms with E-state index >= 15 is 0 Å². The van der Waals surface area contributed by atoms with E-state index < -0.39 is 0 Å². The summed E-state index contributed by atoms with van der Waals surface area (Å²) in [5, 5.41) is 0. The Labute approximate surface area is 121 Å². The van der Waals surface area contributed by atoms with Gasteiger partial charge in [0, 0.05) is 25.2 Å². The molecule has 0 bridgehead atoms. The van der Waals surface area contributed by atoms with Gasteiger partial charge in [-0.05, 0) is 37.0 Å². The van der Waals surface area contributed by atoms with E-state index in [0.717, 1.165) is 31.0 Å². The summed E-state index contributed by atoms with van der Waals surface area (Å²) in [5.74, 6) is 2.11. The maximum absolute atomic E-state index is 6.10. The van der Waals surface area contributed by atoms with Crippen molar-refractivity contribution in [3.8, 4) is 11.5 Å². The molecule has 0 spiro atoms. The first-order valence-electron chi connectivity index (χ1n) is 7.28. The highest BCUT2D eigenvalue weighted by Crippen LogP contribution is 2.33. The number of benzene rings is 1. The molecule has 0 amide bonds. The van der Waals surface area contributed by atoms with Gasteiger partial charge in [-0.2, -0.15) is 0 Å². The molecule has 0 aromatic heterocycles. The fourth-order valence-corrected chi connectivity index (χ4v) is 2.87. The van der Waals surface area contributed by atoms with Crippen LogP contribution in [0.25, 0.3) is 0 Å². The van der Waals surface area contributed by atoms with Gasteiger partial charge in [-0.1, -0.05) is 13.0 Å². The van der Waals surface area contributed by atoms with Gasteiger partial charge < -0.3 is 15.2 Å². The average Bonchev–Trinajstić information content (AvgIpc) is 2.48. The molecule has 4 nitrogen and oxygen atoms in total. The lowest BCUT2D eigenvalue weighted by Gasteiger charge is -2.39. The SMILES string of the molecule is COc1ccc(C(C)N2CCC(N)C(C)C2)cc1OC. The summed E-state index contributed by atoms with van der Waals surface area (Å²) < 4.78 is 10.7. The molecule has 1 aliphatic heterocycles. The number of methoxy groups -OCH3 is 2. The fraction of sp³-hybridized carbons (Fsp3) is 0.625. The zero-order chi connectivity index (χ0) is 14.7. The second-order valence-electron chi connectivity index (χ2n) is 5.72. The highest BCUT2D eigenvalue weighted by Gasteiger charge is 2.27. The number of ether oxygens (including phenoxy) is 2. The number of hydrogen-bond donors (Lipinski definition) is 1. The van der Waals surface area contributed by atoms with Gasteiger partial charge >= 0.3 is 0 Å². The van der Waals surface area contributed by atoms with Crippen molar-refractivity contribution in [1.82, 2.24) is 4.90 Å². The molecule has 0 aliphatic carbocycles. The van der Waals surface area contributed by atoms with Crippen LogP contribution >= 0.6 is 0 Å². The minimum atomic E-state index is 0.337. The van der Waals surface area contributed by atoms with Crippen molar-refractivity contribution < 1.29 is 9.47 Å². The molecule has 20 heavy (non-hydrogen) atoms. The Morgan fingerprint density at radius 3 is 2.55 bits per heavy atom. The molecular formula is C16H26N2O2. The van der Waals surface area contributed by atoms with Crippen LogP contribution in [0.4, 0.5) is 0 Å². The first-order valence-corrected chi connectivity index (χ1v) is 7.28. The van der Waals surface area contributed by atoms with Gasteiger partial charge in [0.2, 0.25) is 0 Å². The van der Waals surface area contributed by atoms with Crippen LogP contribution in [-0.4, -0.2) is 38.3 Å². The van der Waals surface area contributed by atoms with Crippen LogP contribution in [-0.2, 0) is 0 Å². The molecule has 2 rings (SSSR count). The summed E-state index contributed by atoms with van der Waals surface area (Å²) in [7, 11) is 3.34. The van der Waals surface area contributed by atoms with Crippen molar-refractivity contribution >= 4 is 0 Å². The van der Waals surface area contributed by atoms with Crippen LogP contribution in [0.15, 0.2) is 18.2 Å². The number of rotatable bonds is 4. The Kier molecular flexibility index (Phi) is 4.89. The average molecular weight is 278 g/mol. The van der Waals surface area contributed by atoms with Gasteiger partial charge in [-0.15, -0.1) is 0 Å². The summed E-state index contributed by atoms with van der Waals surface area (Å²) in [4.78, 5) is 2.50. The highest BCUT2D eigenvalue weighted by atomic mass is 16.5. The molecule has 3 unspecified atom stereocenters. The lowest BCUT2D eigenvalue weighted by molar-refractivity contribution is 0.124. The van der Waals surface area contributed by atoms with Gasteiger partial charge in [-0.25, -0.2) is 0 Å². The van der Waals surface area contributed by atoms with Crippen molar-refractivity contribution in [2.75, 3.05) is 27.3 Å². The van der Waals surface area contributed by atoms with Gasteiger partial charge in [-0.3, -0.25) is 4.90 Å². The first-order chi connectivity index (χ1) is 9.56. The number of hydrogen-bond acceptors (Lipinski definition) is 4. The molecular weight excluding hydrogens is 252 g/mol. The Bertz CT molecular complexity index is 450. The quantitative estimate of drug-likeness (QED) is 0.919. The van der Waals surface area contributed by atoms with Gasteiger partial charge in [0.25, 0.3) is 0 Å². The molecule has 2 N–H and O–H groups in total. The van der Waals surface area contributed by atoms with Crippen LogP contribution in [0.5, 0.6) is 11.5 Å². The molecule has 1 aliphatic rings. The summed E-state index contributed by atoms with van der Waals surface area (Å²) >= 11 is 0. The predicted octanol–water partition coefficient (Wildman–Crippen LogP) is 2.43. The molecule has 0 saturated carbocycles. The monoisotopic (exact) mass is 278 g/mol. The van der Waals surface area contributed by atoms with E-state index in [1.165, 1.54) is 5.56 Å². The van der Waals surface area contributed by atoms with Crippen LogP contribution in [0.2, 0.25) is 0 Å². The minimum Gasteiger partial charge on any atom is -0.493 e. The number of nitrogens with zero attached hydrogens (tertiary/aromatic N) is 1. The number of likely N-dealkylation sites (tertiary alicyclic amines) is 1. The summed E-state index contributed by atoms with van der Waals surface area (Å²) in [6, 6.07) is 6.87. The molecule has 3 atom stereocenters. The van der Waals surface area contributed by atoms with E-state index in [2.05, 4.69) is 30.9 Å². The minimum absolute atomic E-state index is 0.337. The maximum Gasteiger partial charge on any atom is 0.161 e. The zero-order valence-corrected chi connectivity index (χ0v) is 12.9. The third kappa shape index (κ3) is 3.07. The zero-order valence-electron chi connectivity index (χ0n) is 12.9. The summed E-state index contributed by atoms with van der Waals surface area (Å²) in [6.45, 7) is 6.58. The topological polar surface area (TPSA) is 47.7 Å². The Hall–Kier alpha value is -1.26. The lowest BCUT2D eigenvalue weighted by atomic mass is 9.92. The Morgan fingerprint density at radius 2 is 1.95 bits per heavy atom. The van der Waals surface area contributed by atoms with Crippen molar-refractivity contribution in [1.29, 1.82) is 0 Å². The van der Waals surface area contributed by atoms with Gasteiger partial charge in [0.05, 0.1) is 14.2 Å². The smallest absolute Gasteiger partial charge is 0.161 e. The number of piperidine rings is 1. The standard InChI is InChI=1S/C16H26N2O2/c1-11-10-18(8-7-14(11)17)12(2)13-5-6-15(19-3)16(9-13)20-4/h5-6,9,11-12,14H,7-8,10,17H2,1-4H3. The van der Waals surface area contributed by atoms with Crippen LogP contribution in [0.1, 0.15) is 31.9 Å². The van der Waals surface area contributed by atoms with E-state index in [0.29, 0.717) is 18.0 Å². The Balaban J connectivity index is 2.14. The summed E-state index contributed by atoms with van der Waals surface area (Å²) in [6.07, 6.45) is 1.07. The van der Waals surface area contributed by atoms with E-state index in [-0.39, 0.29) is 0 Å². The lowest BCUT2D eigenvalue weighted by Crippen LogP contribution is -2.46. The van der Waals surface area contributed by atoms with Crippen LogP contribution in [0.3, 0.4) is 0 Å². The molecule has 4 heteroatoms. The maximum atomic E-state index is 6.10. The second-order valence-corrected chi connectivity index (χ2v) is 5.72. The number of nitrogens with two attached hydrogens (primary N) is 1. The third-order valence-corrected chi connectivity index (χ3v) is 4.44. The van der Waals surface area contributed by atoms with Crippen molar-refractivity contribution in [2.24, 2.45) is 11.7 Å². The molecule has 1 heterocycles. The van der Waals surface area contributed by atoms with E-state index in [1.807, 2.05) is 6.07 Å². The highest BCUT2D eigenvalue weighted by molar-refractivity contribution is 5.43. The van der Waals surface area contributed by atoms with Crippen LogP contribution in [0, 0.1) is 5.92 Å². The predicted molar refractivity (Wildman–Crippen MR) is 81.3 cm³/mol. The molecule has 1 saturated heterocycles. The Morgan fingerprint density at radius 1 is 1.25 bits per heavy atom. The second kappa shape index (κ2) is 6.46. The van der Waals surface area contributed by atoms with Crippen LogP contribution < -0.4 is 15.2 Å². The third-order valence-electron chi connectivity index (χ3n) is 4.44.